The summed E-state index contributed by atoms with van der Waals surface area (Å²) >= 11 is 1.36. The molecular weight excluding hydrogens is 256 g/mol. The Morgan fingerprint density at radius 2 is 2.00 bits per heavy atom. The van der Waals surface area contributed by atoms with Crippen molar-refractivity contribution in [3.05, 3.63) is 17.0 Å². The van der Waals surface area contributed by atoms with Crippen molar-refractivity contribution < 1.29 is 8.42 Å². The van der Waals surface area contributed by atoms with Gasteiger partial charge in [-0.05, 0) is 38.1 Å². The van der Waals surface area contributed by atoms with E-state index in [1.54, 1.807) is 20.2 Å². The first-order valence-corrected chi connectivity index (χ1v) is 7.96. The Hall–Kier alpha value is -0.430. The largest absolute Gasteiger partial charge is 0.316 e. The molecule has 6 heteroatoms. The molecule has 1 heterocycles. The van der Waals surface area contributed by atoms with Gasteiger partial charge >= 0.3 is 0 Å². The molecule has 0 radical (unpaired) electrons. The molecule has 0 atom stereocenters. The monoisotopic (exact) mass is 276 g/mol. The third-order valence-electron chi connectivity index (χ3n) is 2.35. The highest BCUT2D eigenvalue weighted by atomic mass is 32.2. The number of nitrogens with one attached hydrogen (secondary N) is 1. The molecule has 4 nitrogen and oxygen atoms in total. The van der Waals surface area contributed by atoms with Crippen molar-refractivity contribution in [2.75, 3.05) is 27.2 Å². The summed E-state index contributed by atoms with van der Waals surface area (Å²) in [6, 6.07) is 3.59. The van der Waals surface area contributed by atoms with Crippen LogP contribution in [0.5, 0.6) is 0 Å². The van der Waals surface area contributed by atoms with Crippen LogP contribution in [0.4, 0.5) is 0 Å². The van der Waals surface area contributed by atoms with Crippen LogP contribution in [0.3, 0.4) is 0 Å². The minimum absolute atomic E-state index is 0.424. The zero-order valence-electron chi connectivity index (χ0n) is 10.6. The predicted octanol–water partition coefficient (Wildman–Crippen LogP) is 1.54. The van der Waals surface area contributed by atoms with Gasteiger partial charge in [-0.15, -0.1) is 11.3 Å². The van der Waals surface area contributed by atoms with Crippen molar-refractivity contribution in [2.45, 2.75) is 24.0 Å². The van der Waals surface area contributed by atoms with Crippen LogP contribution >= 0.6 is 11.3 Å². The highest BCUT2D eigenvalue weighted by Crippen LogP contribution is 2.23. The van der Waals surface area contributed by atoms with Crippen LogP contribution in [-0.2, 0) is 16.4 Å². The van der Waals surface area contributed by atoms with Gasteiger partial charge in [0.2, 0.25) is 0 Å². The first-order valence-electron chi connectivity index (χ1n) is 5.70. The van der Waals surface area contributed by atoms with Gasteiger partial charge in [-0.25, -0.2) is 12.7 Å². The quantitative estimate of drug-likeness (QED) is 0.769. The first kappa shape index (κ1) is 14.6. The Bertz CT molecular complexity index is 438. The summed E-state index contributed by atoms with van der Waals surface area (Å²) in [6.07, 6.45) is 2.00. The van der Waals surface area contributed by atoms with E-state index in [0.717, 1.165) is 30.8 Å². The highest BCUT2D eigenvalue weighted by Gasteiger charge is 2.19. The molecule has 1 N–H and O–H groups in total. The number of thiophene rings is 1. The molecule has 0 aliphatic carbocycles. The van der Waals surface area contributed by atoms with Crippen LogP contribution < -0.4 is 5.32 Å². The van der Waals surface area contributed by atoms with Crippen LogP contribution in [0.2, 0.25) is 0 Å². The average Bonchev–Trinajstić information content (AvgIpc) is 2.73. The highest BCUT2D eigenvalue weighted by molar-refractivity contribution is 7.91. The van der Waals surface area contributed by atoms with Crippen molar-refractivity contribution >= 4 is 21.4 Å². The van der Waals surface area contributed by atoms with Crippen molar-refractivity contribution in [3.8, 4) is 0 Å². The molecule has 1 rings (SSSR count). The minimum atomic E-state index is -3.26. The van der Waals surface area contributed by atoms with Crippen LogP contribution in [0.15, 0.2) is 16.3 Å². The Balaban J connectivity index is 2.60. The maximum absolute atomic E-state index is 11.8. The maximum Gasteiger partial charge on any atom is 0.252 e. The number of hydrogen-bond acceptors (Lipinski definition) is 4. The molecule has 17 heavy (non-hydrogen) atoms. The molecule has 0 aliphatic heterocycles. The van der Waals surface area contributed by atoms with E-state index in [0.29, 0.717) is 4.21 Å². The van der Waals surface area contributed by atoms with E-state index in [-0.39, 0.29) is 0 Å². The molecular formula is C11H20N2O2S2. The lowest BCUT2D eigenvalue weighted by Gasteiger charge is -2.08. The number of nitrogens with zero attached hydrogens (tertiary/aromatic N) is 1. The van der Waals surface area contributed by atoms with Gasteiger partial charge in [0.15, 0.2) is 0 Å². The Labute approximate surface area is 108 Å². The molecule has 0 unspecified atom stereocenters. The van der Waals surface area contributed by atoms with Gasteiger partial charge in [0.05, 0.1) is 0 Å². The van der Waals surface area contributed by atoms with E-state index < -0.39 is 10.0 Å². The second kappa shape index (κ2) is 6.49. The van der Waals surface area contributed by atoms with Gasteiger partial charge in [0, 0.05) is 19.0 Å². The molecule has 0 spiro atoms. The molecule has 1 aromatic heterocycles. The van der Waals surface area contributed by atoms with Crippen molar-refractivity contribution in [3.63, 3.8) is 0 Å². The van der Waals surface area contributed by atoms with Gasteiger partial charge in [0.1, 0.15) is 4.21 Å². The Morgan fingerprint density at radius 3 is 2.59 bits per heavy atom. The average molecular weight is 276 g/mol. The summed E-state index contributed by atoms with van der Waals surface area (Å²) in [7, 11) is -0.154. The lowest BCUT2D eigenvalue weighted by molar-refractivity contribution is 0.523. The lowest BCUT2D eigenvalue weighted by Crippen LogP contribution is -2.21. The molecule has 0 bridgehead atoms. The topological polar surface area (TPSA) is 49.4 Å². The van der Waals surface area contributed by atoms with Gasteiger partial charge in [-0.2, -0.15) is 0 Å². The maximum atomic E-state index is 11.8. The van der Waals surface area contributed by atoms with Crippen LogP contribution in [0, 0.1) is 0 Å². The zero-order valence-corrected chi connectivity index (χ0v) is 12.2. The molecule has 98 valence electrons. The minimum Gasteiger partial charge on any atom is -0.316 e. The summed E-state index contributed by atoms with van der Waals surface area (Å²) in [6.45, 7) is 4.03. The predicted molar refractivity (Wildman–Crippen MR) is 72.1 cm³/mol. The SMILES string of the molecule is CCCNCCc1ccc(S(=O)(=O)N(C)C)s1. The zero-order chi connectivity index (χ0) is 12.9. The molecule has 0 aromatic carbocycles. The first-order chi connectivity index (χ1) is 7.98. The molecule has 0 fully saturated rings. The summed E-state index contributed by atoms with van der Waals surface area (Å²) in [4.78, 5) is 1.11. The van der Waals surface area contributed by atoms with Gasteiger partial charge in [0.25, 0.3) is 10.0 Å². The van der Waals surface area contributed by atoms with E-state index in [2.05, 4.69) is 12.2 Å². The smallest absolute Gasteiger partial charge is 0.252 e. The van der Waals surface area contributed by atoms with E-state index in [4.69, 9.17) is 0 Å². The Morgan fingerprint density at radius 1 is 1.29 bits per heavy atom. The second-order valence-electron chi connectivity index (χ2n) is 4.01. The molecule has 0 amide bonds. The molecule has 0 saturated heterocycles. The number of hydrogen-bond donors (Lipinski definition) is 1. The molecule has 0 aliphatic rings. The molecule has 0 saturated carbocycles. The fourth-order valence-corrected chi connectivity index (χ4v) is 3.85. The third-order valence-corrected chi connectivity index (χ3v) is 5.77. The van der Waals surface area contributed by atoms with Crippen LogP contribution in [-0.4, -0.2) is 39.9 Å². The van der Waals surface area contributed by atoms with Crippen LogP contribution in [0.25, 0.3) is 0 Å². The number of sulfonamides is 1. The van der Waals surface area contributed by atoms with E-state index in [1.165, 1.54) is 15.6 Å². The summed E-state index contributed by atoms with van der Waals surface area (Å²) < 4.78 is 25.4. The van der Waals surface area contributed by atoms with Crippen molar-refractivity contribution in [2.24, 2.45) is 0 Å². The standard InChI is InChI=1S/C11H20N2O2S2/c1-4-8-12-9-7-10-5-6-11(16-10)17(14,15)13(2)3/h5-6,12H,4,7-9H2,1-3H3. The lowest BCUT2D eigenvalue weighted by atomic mass is 10.3. The second-order valence-corrected chi connectivity index (χ2v) is 7.56. The third kappa shape index (κ3) is 4.06. The van der Waals surface area contributed by atoms with Gasteiger partial charge in [-0.3, -0.25) is 0 Å². The van der Waals surface area contributed by atoms with Crippen LogP contribution in [0.1, 0.15) is 18.2 Å². The van der Waals surface area contributed by atoms with Gasteiger partial charge < -0.3 is 5.32 Å². The van der Waals surface area contributed by atoms with Crippen molar-refractivity contribution in [1.82, 2.24) is 9.62 Å². The molecule has 1 aromatic rings. The normalized spacial score (nSPS) is 12.2. The van der Waals surface area contributed by atoms with Crippen molar-refractivity contribution in [1.29, 1.82) is 0 Å². The Kier molecular flexibility index (Phi) is 5.58. The van der Waals surface area contributed by atoms with Gasteiger partial charge in [-0.1, -0.05) is 6.92 Å². The fraction of sp³-hybridized carbons (Fsp3) is 0.636. The summed E-state index contributed by atoms with van der Waals surface area (Å²) in [5.41, 5.74) is 0. The fourth-order valence-electron chi connectivity index (χ4n) is 1.32. The van der Waals surface area contributed by atoms with E-state index in [1.807, 2.05) is 6.07 Å². The summed E-state index contributed by atoms with van der Waals surface area (Å²) in [5.74, 6) is 0. The van der Waals surface area contributed by atoms with E-state index in [9.17, 15) is 8.42 Å². The van der Waals surface area contributed by atoms with E-state index >= 15 is 0 Å². The number of rotatable bonds is 7. The summed E-state index contributed by atoms with van der Waals surface area (Å²) in [5, 5.41) is 3.30.